The van der Waals surface area contributed by atoms with E-state index in [9.17, 15) is 14.4 Å². The minimum Gasteiger partial charge on any atom is -0.338 e. The third kappa shape index (κ3) is 2.63. The molecule has 5 atom stereocenters. The minimum absolute atomic E-state index is 0.0876. The molecule has 3 fully saturated rings. The normalized spacial score (nSPS) is 34.0. The van der Waals surface area contributed by atoms with Crippen molar-refractivity contribution in [2.75, 3.05) is 13.1 Å². The van der Waals surface area contributed by atoms with E-state index in [1.54, 1.807) is 0 Å². The SMILES string of the molecule is O=C1C2C3C=CC(C3)C2C(=O)N1CC(=O)N1CCCC1Cc1ccccc1. The van der Waals surface area contributed by atoms with E-state index in [-0.39, 0.29) is 54.0 Å². The summed E-state index contributed by atoms with van der Waals surface area (Å²) in [6, 6.07) is 10.3. The highest BCUT2D eigenvalue weighted by atomic mass is 16.2. The van der Waals surface area contributed by atoms with Gasteiger partial charge in [0, 0.05) is 12.6 Å². The number of hydrogen-bond acceptors (Lipinski definition) is 3. The van der Waals surface area contributed by atoms with Gasteiger partial charge in [-0.2, -0.15) is 0 Å². The lowest BCUT2D eigenvalue weighted by molar-refractivity contribution is -0.147. The molecule has 1 aromatic carbocycles. The van der Waals surface area contributed by atoms with Crippen LogP contribution in [-0.2, 0) is 20.8 Å². The Morgan fingerprint density at radius 1 is 1.00 bits per heavy atom. The Balaban J connectivity index is 1.28. The van der Waals surface area contributed by atoms with E-state index in [2.05, 4.69) is 24.3 Å². The number of fused-ring (bicyclic) bond motifs is 5. The van der Waals surface area contributed by atoms with Gasteiger partial charge in [0.25, 0.3) is 0 Å². The van der Waals surface area contributed by atoms with Crippen molar-refractivity contribution in [1.82, 2.24) is 9.80 Å². The lowest BCUT2D eigenvalue weighted by atomic mass is 9.85. The summed E-state index contributed by atoms with van der Waals surface area (Å²) in [5.41, 5.74) is 1.22. The zero-order valence-corrected chi connectivity index (χ0v) is 15.3. The predicted molar refractivity (Wildman–Crippen MR) is 99.3 cm³/mol. The van der Waals surface area contributed by atoms with E-state index < -0.39 is 0 Å². The summed E-state index contributed by atoms with van der Waals surface area (Å²) in [7, 11) is 0. The number of likely N-dealkylation sites (tertiary alicyclic amines) is 2. The molecule has 3 amide bonds. The number of carbonyl (C=O) groups excluding carboxylic acids is 3. The van der Waals surface area contributed by atoms with Gasteiger partial charge in [0.15, 0.2) is 0 Å². The van der Waals surface area contributed by atoms with Crippen LogP contribution < -0.4 is 0 Å². The number of amides is 3. The van der Waals surface area contributed by atoms with E-state index in [0.29, 0.717) is 6.54 Å². The third-order valence-electron chi connectivity index (χ3n) is 6.87. The second-order valence-electron chi connectivity index (χ2n) is 8.34. The van der Waals surface area contributed by atoms with Crippen LogP contribution in [-0.4, -0.2) is 46.7 Å². The molecule has 0 aromatic heterocycles. The van der Waals surface area contributed by atoms with Gasteiger partial charge in [0.2, 0.25) is 17.7 Å². The Morgan fingerprint density at radius 2 is 1.67 bits per heavy atom. The molecular formula is C22H24N2O3. The van der Waals surface area contributed by atoms with Crippen LogP contribution in [0.1, 0.15) is 24.8 Å². The number of benzene rings is 1. The highest BCUT2D eigenvalue weighted by Crippen LogP contribution is 2.52. The molecule has 2 bridgehead atoms. The first kappa shape index (κ1) is 16.7. The van der Waals surface area contributed by atoms with E-state index >= 15 is 0 Å². The highest BCUT2D eigenvalue weighted by Gasteiger charge is 2.59. The Labute approximate surface area is 159 Å². The summed E-state index contributed by atoms with van der Waals surface area (Å²) in [5.74, 6) is -0.417. The van der Waals surface area contributed by atoms with Gasteiger partial charge in [-0.25, -0.2) is 0 Å². The average molecular weight is 364 g/mol. The fourth-order valence-corrected chi connectivity index (χ4v) is 5.61. The molecule has 5 heteroatoms. The summed E-state index contributed by atoms with van der Waals surface area (Å²) in [6.45, 7) is 0.627. The van der Waals surface area contributed by atoms with Crippen LogP contribution in [0.2, 0.25) is 0 Å². The molecule has 5 rings (SSSR count). The quantitative estimate of drug-likeness (QED) is 0.607. The minimum atomic E-state index is -0.223. The lowest BCUT2D eigenvalue weighted by Crippen LogP contribution is -2.46. The number of rotatable bonds is 4. The van der Waals surface area contributed by atoms with Crippen molar-refractivity contribution in [2.24, 2.45) is 23.7 Å². The first-order valence-electron chi connectivity index (χ1n) is 10.0. The van der Waals surface area contributed by atoms with Gasteiger partial charge in [-0.05, 0) is 43.1 Å². The van der Waals surface area contributed by atoms with E-state index in [0.717, 1.165) is 25.7 Å². The van der Waals surface area contributed by atoms with Gasteiger partial charge in [-0.15, -0.1) is 0 Å². The average Bonchev–Trinajstić information content (AvgIpc) is 3.44. The van der Waals surface area contributed by atoms with Crippen molar-refractivity contribution < 1.29 is 14.4 Å². The lowest BCUT2D eigenvalue weighted by Gasteiger charge is -2.27. The third-order valence-corrected chi connectivity index (χ3v) is 6.87. The maximum absolute atomic E-state index is 13.0. The van der Waals surface area contributed by atoms with Crippen molar-refractivity contribution >= 4 is 17.7 Å². The fourth-order valence-electron chi connectivity index (χ4n) is 5.61. The van der Waals surface area contributed by atoms with Gasteiger partial charge >= 0.3 is 0 Å². The second kappa shape index (κ2) is 6.32. The fraction of sp³-hybridized carbons (Fsp3) is 0.500. The standard InChI is InChI=1S/C22H24N2O3/c25-18(23-10-4-7-17(23)11-14-5-2-1-3-6-14)13-24-21(26)19-15-8-9-16(12-15)20(19)22(24)27/h1-3,5-6,8-9,15-17,19-20H,4,7,10-13H2. The monoisotopic (exact) mass is 364 g/mol. The van der Waals surface area contributed by atoms with Crippen LogP contribution in [0.4, 0.5) is 0 Å². The maximum Gasteiger partial charge on any atom is 0.243 e. The van der Waals surface area contributed by atoms with E-state index in [1.165, 1.54) is 10.5 Å². The summed E-state index contributed by atoms with van der Waals surface area (Å²) in [4.78, 5) is 41.7. The molecule has 2 saturated heterocycles. The molecule has 2 heterocycles. The Hall–Kier alpha value is -2.43. The topological polar surface area (TPSA) is 57.7 Å². The Kier molecular flexibility index (Phi) is 3.92. The largest absolute Gasteiger partial charge is 0.338 e. The zero-order chi connectivity index (χ0) is 18.5. The summed E-state index contributed by atoms with van der Waals surface area (Å²) >= 11 is 0. The molecular weight excluding hydrogens is 340 g/mol. The molecule has 0 spiro atoms. The van der Waals surface area contributed by atoms with Gasteiger partial charge in [-0.1, -0.05) is 42.5 Å². The number of allylic oxidation sites excluding steroid dienone is 2. The van der Waals surface area contributed by atoms with Gasteiger partial charge in [0.05, 0.1) is 11.8 Å². The first-order valence-corrected chi connectivity index (χ1v) is 10.0. The number of nitrogens with zero attached hydrogens (tertiary/aromatic N) is 2. The van der Waals surface area contributed by atoms with Crippen molar-refractivity contribution in [3.05, 3.63) is 48.0 Å². The van der Waals surface area contributed by atoms with Crippen LogP contribution in [0, 0.1) is 23.7 Å². The van der Waals surface area contributed by atoms with Crippen molar-refractivity contribution in [3.63, 3.8) is 0 Å². The smallest absolute Gasteiger partial charge is 0.243 e. The van der Waals surface area contributed by atoms with Gasteiger partial charge < -0.3 is 4.90 Å². The number of hydrogen-bond donors (Lipinski definition) is 0. The highest BCUT2D eigenvalue weighted by molar-refractivity contribution is 6.08. The molecule has 27 heavy (non-hydrogen) atoms. The van der Waals surface area contributed by atoms with Gasteiger partial charge in [-0.3, -0.25) is 19.3 Å². The summed E-state index contributed by atoms with van der Waals surface area (Å²) < 4.78 is 0. The zero-order valence-electron chi connectivity index (χ0n) is 15.3. The van der Waals surface area contributed by atoms with E-state index in [4.69, 9.17) is 0 Å². The molecule has 140 valence electrons. The molecule has 4 aliphatic rings. The van der Waals surface area contributed by atoms with Crippen molar-refractivity contribution in [2.45, 2.75) is 31.7 Å². The molecule has 5 nitrogen and oxygen atoms in total. The van der Waals surface area contributed by atoms with Crippen LogP contribution >= 0.6 is 0 Å². The van der Waals surface area contributed by atoms with Crippen molar-refractivity contribution in [3.8, 4) is 0 Å². The molecule has 5 unspecified atom stereocenters. The maximum atomic E-state index is 13.0. The molecule has 1 aromatic rings. The van der Waals surface area contributed by atoms with Crippen LogP contribution in [0.3, 0.4) is 0 Å². The molecule has 2 aliphatic heterocycles. The van der Waals surface area contributed by atoms with Crippen LogP contribution in [0.25, 0.3) is 0 Å². The van der Waals surface area contributed by atoms with Crippen LogP contribution in [0.15, 0.2) is 42.5 Å². The predicted octanol–water partition coefficient (Wildman–Crippen LogP) is 2.03. The molecule has 0 radical (unpaired) electrons. The summed E-state index contributed by atoms with van der Waals surface area (Å²) in [5, 5.41) is 0. The van der Waals surface area contributed by atoms with Crippen LogP contribution in [0.5, 0.6) is 0 Å². The number of imide groups is 1. The molecule has 1 saturated carbocycles. The van der Waals surface area contributed by atoms with Crippen molar-refractivity contribution in [1.29, 1.82) is 0 Å². The summed E-state index contributed by atoms with van der Waals surface area (Å²) in [6.07, 6.45) is 7.86. The van der Waals surface area contributed by atoms with E-state index in [1.807, 2.05) is 23.1 Å². The van der Waals surface area contributed by atoms with Gasteiger partial charge in [0.1, 0.15) is 6.54 Å². The molecule has 2 aliphatic carbocycles. The number of carbonyl (C=O) groups is 3. The Morgan fingerprint density at radius 3 is 2.33 bits per heavy atom. The molecule has 0 N–H and O–H groups in total. The Bertz CT molecular complexity index is 788. The second-order valence-corrected chi connectivity index (χ2v) is 8.34. The first-order chi connectivity index (χ1) is 13.1.